The monoisotopic (exact) mass is 278 g/mol. The van der Waals surface area contributed by atoms with Gasteiger partial charge in [0.05, 0.1) is 27.7 Å². The van der Waals surface area contributed by atoms with Gasteiger partial charge < -0.3 is 20.4 Å². The van der Waals surface area contributed by atoms with Gasteiger partial charge in [-0.05, 0) is 30.2 Å². The largest absolute Gasteiger partial charge is 0.399 e. The summed E-state index contributed by atoms with van der Waals surface area (Å²) < 4.78 is 2.36. The maximum absolute atomic E-state index is 6.01. The van der Waals surface area contributed by atoms with Gasteiger partial charge in [0.1, 0.15) is 26.2 Å². The fourth-order valence-corrected chi connectivity index (χ4v) is 2.96. The molecule has 1 aliphatic heterocycles. The van der Waals surface area contributed by atoms with Crippen molar-refractivity contribution in [3.63, 3.8) is 0 Å². The fourth-order valence-electron chi connectivity index (χ4n) is 2.96. The predicted molar refractivity (Wildman–Crippen MR) is 86.2 cm³/mol. The minimum atomic E-state index is 0.812. The maximum Gasteiger partial charge on any atom is 0.128 e. The summed E-state index contributed by atoms with van der Waals surface area (Å²) in [6.45, 7) is 6.33. The number of nitrogens with zero attached hydrogens (tertiary/aromatic N) is 2. The number of anilines is 2. The Balaban J connectivity index is 1.85. The molecule has 0 atom stereocenters. The number of benzene rings is 1. The van der Waals surface area contributed by atoms with Gasteiger partial charge >= 0.3 is 0 Å². The zero-order valence-corrected chi connectivity index (χ0v) is 13.2. The minimum absolute atomic E-state index is 0.812. The van der Waals surface area contributed by atoms with Crippen molar-refractivity contribution in [2.24, 2.45) is 0 Å². The van der Waals surface area contributed by atoms with E-state index in [-0.39, 0.29) is 0 Å². The van der Waals surface area contributed by atoms with Crippen LogP contribution >= 0.6 is 0 Å². The molecule has 1 fully saturated rings. The third kappa shape index (κ3) is 3.87. The van der Waals surface area contributed by atoms with Crippen molar-refractivity contribution in [3.05, 3.63) is 23.8 Å². The van der Waals surface area contributed by atoms with E-state index < -0.39 is 0 Å². The van der Waals surface area contributed by atoms with Crippen molar-refractivity contribution >= 4 is 11.4 Å². The molecule has 2 rings (SSSR count). The highest BCUT2D eigenvalue weighted by Crippen LogP contribution is 2.19. The molecule has 0 saturated carbocycles. The summed E-state index contributed by atoms with van der Waals surface area (Å²) >= 11 is 0. The zero-order chi connectivity index (χ0) is 14.8. The highest BCUT2D eigenvalue weighted by atomic mass is 15.4. The van der Waals surface area contributed by atoms with Crippen LogP contribution in [0.25, 0.3) is 0 Å². The van der Waals surface area contributed by atoms with Crippen LogP contribution in [0, 0.1) is 0 Å². The van der Waals surface area contributed by atoms with E-state index in [0.29, 0.717) is 0 Å². The quantitative estimate of drug-likeness (QED) is 0.645. The van der Waals surface area contributed by atoms with Crippen molar-refractivity contribution in [3.8, 4) is 0 Å². The second-order valence-electron chi connectivity index (χ2n) is 7.24. The van der Waals surface area contributed by atoms with Crippen LogP contribution in [0.3, 0.4) is 0 Å². The molecule has 4 nitrogen and oxygen atoms in total. The number of quaternary nitrogens is 2. The highest BCUT2D eigenvalue weighted by Gasteiger charge is 2.33. The Morgan fingerprint density at radius 2 is 1.65 bits per heavy atom. The topological polar surface area (TPSA) is 52.0 Å². The standard InChI is InChI=1S/C16H30N4/c1-19(2)9-11-20(3,12-10-19)8-4-5-14-13-15(17)6-7-16(14)18/h6-7,13H,4-5,8-12,17-18H2,1-3H3/q+2. The van der Waals surface area contributed by atoms with Crippen LogP contribution in [-0.2, 0) is 6.42 Å². The lowest BCUT2D eigenvalue weighted by molar-refractivity contribution is -1.01. The van der Waals surface area contributed by atoms with E-state index in [9.17, 15) is 0 Å². The summed E-state index contributed by atoms with van der Waals surface area (Å²) in [7, 11) is 7.05. The normalized spacial score (nSPS) is 20.8. The average Bonchev–Trinajstić information content (AvgIpc) is 2.38. The number of nitrogens with two attached hydrogens (primary N) is 2. The van der Waals surface area contributed by atoms with Crippen LogP contribution in [0.5, 0.6) is 0 Å². The Bertz CT molecular complexity index is 458. The van der Waals surface area contributed by atoms with Crippen LogP contribution in [0.1, 0.15) is 12.0 Å². The minimum Gasteiger partial charge on any atom is -0.399 e. The maximum atomic E-state index is 6.01. The number of likely N-dealkylation sites (N-methyl/N-ethyl adjacent to an activating group) is 2. The van der Waals surface area contributed by atoms with E-state index in [1.807, 2.05) is 18.2 Å². The number of piperazine rings is 1. The summed E-state index contributed by atoms with van der Waals surface area (Å²) in [5.74, 6) is 0. The summed E-state index contributed by atoms with van der Waals surface area (Å²) in [6, 6.07) is 5.81. The molecule has 20 heavy (non-hydrogen) atoms. The van der Waals surface area contributed by atoms with Gasteiger partial charge in [-0.2, -0.15) is 0 Å². The first-order valence-corrected chi connectivity index (χ1v) is 7.59. The lowest BCUT2D eigenvalue weighted by Crippen LogP contribution is -2.62. The van der Waals surface area contributed by atoms with Crippen molar-refractivity contribution in [1.82, 2.24) is 0 Å². The van der Waals surface area contributed by atoms with Gasteiger partial charge in [0.2, 0.25) is 0 Å². The van der Waals surface area contributed by atoms with Crippen molar-refractivity contribution in [1.29, 1.82) is 0 Å². The number of hydrogen-bond donors (Lipinski definition) is 2. The van der Waals surface area contributed by atoms with E-state index in [1.165, 1.54) is 49.2 Å². The second kappa shape index (κ2) is 5.62. The van der Waals surface area contributed by atoms with Crippen molar-refractivity contribution < 1.29 is 8.97 Å². The molecule has 1 aromatic rings. The molecule has 0 amide bonds. The van der Waals surface area contributed by atoms with E-state index in [2.05, 4.69) is 21.1 Å². The van der Waals surface area contributed by atoms with Crippen LogP contribution in [0.2, 0.25) is 0 Å². The molecule has 0 unspecified atom stereocenters. The lowest BCUT2D eigenvalue weighted by atomic mass is 10.1. The molecular weight excluding hydrogens is 248 g/mol. The van der Waals surface area contributed by atoms with Gasteiger partial charge in [-0.3, -0.25) is 0 Å². The first-order chi connectivity index (χ1) is 9.30. The third-order valence-electron chi connectivity index (χ3n) is 4.80. The number of rotatable bonds is 4. The van der Waals surface area contributed by atoms with Gasteiger partial charge in [0, 0.05) is 17.8 Å². The van der Waals surface area contributed by atoms with Crippen molar-refractivity contribution in [2.45, 2.75) is 12.8 Å². The Morgan fingerprint density at radius 3 is 2.30 bits per heavy atom. The molecule has 1 heterocycles. The van der Waals surface area contributed by atoms with E-state index >= 15 is 0 Å². The Labute approximate surface area is 123 Å². The first-order valence-electron chi connectivity index (χ1n) is 7.59. The molecule has 0 bridgehead atoms. The van der Waals surface area contributed by atoms with Gasteiger partial charge in [-0.15, -0.1) is 0 Å². The summed E-state index contributed by atoms with van der Waals surface area (Å²) in [5, 5.41) is 0. The summed E-state index contributed by atoms with van der Waals surface area (Å²) in [4.78, 5) is 0. The molecular formula is C16H30N4+2. The van der Waals surface area contributed by atoms with Crippen LogP contribution < -0.4 is 11.5 Å². The fraction of sp³-hybridized carbons (Fsp3) is 0.625. The SMILES string of the molecule is C[N+]1(C)CC[N+](C)(CCCc2cc(N)ccc2N)CC1. The molecule has 0 radical (unpaired) electrons. The highest BCUT2D eigenvalue weighted by molar-refractivity contribution is 5.55. The summed E-state index contributed by atoms with van der Waals surface area (Å²) in [6.07, 6.45) is 2.21. The van der Waals surface area contributed by atoms with Crippen molar-refractivity contribution in [2.75, 3.05) is 65.3 Å². The average molecular weight is 278 g/mol. The van der Waals surface area contributed by atoms with Gasteiger partial charge in [-0.1, -0.05) is 0 Å². The number of aryl methyl sites for hydroxylation is 1. The van der Waals surface area contributed by atoms with Gasteiger partial charge in [0.25, 0.3) is 0 Å². The molecule has 4 N–H and O–H groups in total. The number of nitrogen functional groups attached to an aromatic ring is 2. The lowest BCUT2D eigenvalue weighted by Gasteiger charge is -2.44. The van der Waals surface area contributed by atoms with Gasteiger partial charge in [-0.25, -0.2) is 0 Å². The Kier molecular flexibility index (Phi) is 4.25. The van der Waals surface area contributed by atoms with E-state index in [4.69, 9.17) is 11.5 Å². The van der Waals surface area contributed by atoms with Crippen LogP contribution in [0.15, 0.2) is 18.2 Å². The number of hydrogen-bond acceptors (Lipinski definition) is 2. The first kappa shape index (κ1) is 15.1. The van der Waals surface area contributed by atoms with E-state index in [0.717, 1.165) is 22.3 Å². The van der Waals surface area contributed by atoms with Crippen LogP contribution in [0.4, 0.5) is 11.4 Å². The molecule has 0 spiro atoms. The Morgan fingerprint density at radius 1 is 1.00 bits per heavy atom. The molecule has 4 heteroatoms. The second-order valence-corrected chi connectivity index (χ2v) is 7.24. The predicted octanol–water partition coefficient (Wildman–Crippen LogP) is 1.32. The molecule has 112 valence electrons. The molecule has 1 aliphatic rings. The van der Waals surface area contributed by atoms with E-state index in [1.54, 1.807) is 0 Å². The zero-order valence-electron chi connectivity index (χ0n) is 13.2. The summed E-state index contributed by atoms with van der Waals surface area (Å²) in [5.41, 5.74) is 14.7. The smallest absolute Gasteiger partial charge is 0.128 e. The molecule has 0 aliphatic carbocycles. The molecule has 0 aromatic heterocycles. The third-order valence-corrected chi connectivity index (χ3v) is 4.80. The van der Waals surface area contributed by atoms with Crippen LogP contribution in [-0.4, -0.2) is 62.8 Å². The van der Waals surface area contributed by atoms with Gasteiger partial charge in [0.15, 0.2) is 0 Å². The molecule has 1 saturated heterocycles. The Hall–Kier alpha value is -1.26. The molecule has 1 aromatic carbocycles.